The van der Waals surface area contributed by atoms with Crippen LogP contribution in [0.1, 0.15) is 0 Å². The van der Waals surface area contributed by atoms with Crippen LogP contribution in [0.3, 0.4) is 0 Å². The van der Waals surface area contributed by atoms with Crippen molar-refractivity contribution >= 4 is 92.6 Å². The van der Waals surface area contributed by atoms with Crippen LogP contribution >= 0.6 is 81.2 Å². The van der Waals surface area contributed by atoms with Crippen molar-refractivity contribution in [3.05, 3.63) is 56.5 Å². The molecule has 124 valence electrons. The molecule has 0 saturated heterocycles. The number of hydrogen-bond acceptors (Lipinski definition) is 2. The van der Waals surface area contributed by atoms with E-state index in [1.807, 2.05) is 0 Å². The lowest BCUT2D eigenvalue weighted by Gasteiger charge is -2.29. The molecule has 0 aliphatic carbocycles. The standard InChI is InChI=1S/C14H9Cl7N2/c15-7-1-3-9(17)11(5-7)22-13(14(19,20)21)23-12-6-8(16)2-4-10(12)18/h1-6,13,22-23H. The van der Waals surface area contributed by atoms with Crippen molar-refractivity contribution in [2.24, 2.45) is 0 Å². The molecule has 0 fully saturated rings. The number of nitrogens with one attached hydrogen (secondary N) is 2. The van der Waals surface area contributed by atoms with Crippen LogP contribution in [-0.2, 0) is 0 Å². The average molecular weight is 453 g/mol. The third-order valence-corrected chi connectivity index (χ3v) is 4.57. The van der Waals surface area contributed by atoms with Gasteiger partial charge in [0, 0.05) is 10.0 Å². The van der Waals surface area contributed by atoms with Crippen LogP contribution in [-0.4, -0.2) is 9.96 Å². The van der Waals surface area contributed by atoms with Crippen LogP contribution in [0, 0.1) is 0 Å². The molecule has 0 aliphatic rings. The predicted molar refractivity (Wildman–Crippen MR) is 104 cm³/mol. The minimum Gasteiger partial charge on any atom is -0.361 e. The van der Waals surface area contributed by atoms with Gasteiger partial charge in [0.25, 0.3) is 0 Å². The minimum absolute atomic E-state index is 0.424. The van der Waals surface area contributed by atoms with Crippen molar-refractivity contribution in [3.63, 3.8) is 0 Å². The SMILES string of the molecule is Clc1ccc(Cl)c(NC(Nc2cc(Cl)ccc2Cl)C(Cl)(Cl)Cl)c1. The van der Waals surface area contributed by atoms with E-state index in [2.05, 4.69) is 10.6 Å². The van der Waals surface area contributed by atoms with Gasteiger partial charge in [0.1, 0.15) is 6.17 Å². The molecule has 0 amide bonds. The summed E-state index contributed by atoms with van der Waals surface area (Å²) in [5, 5.41) is 7.82. The van der Waals surface area contributed by atoms with Crippen LogP contribution < -0.4 is 10.6 Å². The highest BCUT2D eigenvalue weighted by Gasteiger charge is 2.33. The van der Waals surface area contributed by atoms with Gasteiger partial charge < -0.3 is 10.6 Å². The minimum atomic E-state index is -1.71. The maximum Gasteiger partial charge on any atom is 0.228 e. The Kier molecular flexibility index (Phi) is 6.72. The maximum atomic E-state index is 6.12. The summed E-state index contributed by atoms with van der Waals surface area (Å²) < 4.78 is -1.71. The number of benzene rings is 2. The molecular weight excluding hydrogens is 444 g/mol. The normalized spacial score (nSPS) is 11.7. The van der Waals surface area contributed by atoms with E-state index in [0.717, 1.165) is 0 Å². The van der Waals surface area contributed by atoms with Gasteiger partial charge in [0.15, 0.2) is 0 Å². The fourth-order valence-electron chi connectivity index (χ4n) is 1.73. The molecule has 2 aromatic carbocycles. The number of alkyl halides is 3. The predicted octanol–water partition coefficient (Wildman–Crippen LogP) is 7.52. The molecule has 23 heavy (non-hydrogen) atoms. The monoisotopic (exact) mass is 450 g/mol. The second-order valence-corrected chi connectivity index (χ2v) is 8.57. The van der Waals surface area contributed by atoms with Crippen molar-refractivity contribution in [3.8, 4) is 0 Å². The smallest absolute Gasteiger partial charge is 0.228 e. The lowest BCUT2D eigenvalue weighted by Crippen LogP contribution is -2.41. The molecular formula is C14H9Cl7N2. The lowest BCUT2D eigenvalue weighted by atomic mass is 10.3. The summed E-state index contributed by atoms with van der Waals surface area (Å²) in [6.07, 6.45) is -0.848. The first-order chi connectivity index (χ1) is 10.7. The molecule has 2 aromatic rings. The van der Waals surface area contributed by atoms with Gasteiger partial charge in [-0.05, 0) is 36.4 Å². The number of rotatable bonds is 4. The molecule has 2 rings (SSSR count). The maximum absolute atomic E-state index is 6.12. The summed E-state index contributed by atoms with van der Waals surface area (Å²) >= 11 is 42.3. The molecule has 0 spiro atoms. The van der Waals surface area contributed by atoms with Crippen molar-refractivity contribution in [1.82, 2.24) is 0 Å². The highest BCUT2D eigenvalue weighted by Crippen LogP contribution is 2.37. The average Bonchev–Trinajstić information content (AvgIpc) is 2.44. The van der Waals surface area contributed by atoms with Gasteiger partial charge in [0.2, 0.25) is 3.79 Å². The summed E-state index contributed by atoms with van der Waals surface area (Å²) in [6.45, 7) is 0. The zero-order valence-electron chi connectivity index (χ0n) is 11.2. The Hall–Kier alpha value is 0.0700. The van der Waals surface area contributed by atoms with E-state index in [1.165, 1.54) is 0 Å². The molecule has 9 heteroatoms. The van der Waals surface area contributed by atoms with Gasteiger partial charge in [-0.3, -0.25) is 0 Å². The van der Waals surface area contributed by atoms with Gasteiger partial charge in [-0.15, -0.1) is 0 Å². The highest BCUT2D eigenvalue weighted by atomic mass is 35.6. The van der Waals surface area contributed by atoms with Crippen molar-refractivity contribution in [1.29, 1.82) is 0 Å². The Morgan fingerprint density at radius 1 is 0.696 bits per heavy atom. The van der Waals surface area contributed by atoms with Crippen molar-refractivity contribution < 1.29 is 0 Å². The Morgan fingerprint density at radius 3 is 1.43 bits per heavy atom. The summed E-state index contributed by atoms with van der Waals surface area (Å²) in [7, 11) is 0. The van der Waals surface area contributed by atoms with Crippen LogP contribution in [0.4, 0.5) is 11.4 Å². The van der Waals surface area contributed by atoms with Gasteiger partial charge in [-0.1, -0.05) is 81.2 Å². The summed E-state index contributed by atoms with van der Waals surface area (Å²) in [5.41, 5.74) is 1.00. The van der Waals surface area contributed by atoms with Crippen molar-refractivity contribution in [2.45, 2.75) is 9.96 Å². The molecule has 0 heterocycles. The molecule has 0 saturated carbocycles. The number of halogens is 7. The highest BCUT2D eigenvalue weighted by molar-refractivity contribution is 6.68. The second-order valence-electron chi connectivity index (χ2n) is 4.51. The number of hydrogen-bond donors (Lipinski definition) is 2. The zero-order valence-corrected chi connectivity index (χ0v) is 16.5. The first-order valence-corrected chi connectivity index (χ1v) is 8.81. The van der Waals surface area contributed by atoms with Crippen LogP contribution in [0.2, 0.25) is 20.1 Å². The first-order valence-electron chi connectivity index (χ1n) is 6.16. The lowest BCUT2D eigenvalue weighted by molar-refractivity contribution is 0.838. The summed E-state index contributed by atoms with van der Waals surface area (Å²) in [6, 6.07) is 9.81. The molecule has 2 N–H and O–H groups in total. The van der Waals surface area contributed by atoms with E-state index in [9.17, 15) is 0 Å². The fraction of sp³-hybridized carbons (Fsp3) is 0.143. The Bertz CT molecular complexity index is 647. The summed E-state index contributed by atoms with van der Waals surface area (Å²) in [4.78, 5) is 0. The van der Waals surface area contributed by atoms with E-state index in [0.29, 0.717) is 31.5 Å². The molecule has 0 atom stereocenters. The van der Waals surface area contributed by atoms with Crippen LogP contribution in [0.15, 0.2) is 36.4 Å². The van der Waals surface area contributed by atoms with Crippen LogP contribution in [0.25, 0.3) is 0 Å². The Labute approximate surface area is 168 Å². The quantitative estimate of drug-likeness (QED) is 0.370. The largest absolute Gasteiger partial charge is 0.361 e. The van der Waals surface area contributed by atoms with E-state index in [-0.39, 0.29) is 0 Å². The number of anilines is 2. The van der Waals surface area contributed by atoms with Gasteiger partial charge in [-0.25, -0.2) is 0 Å². The Morgan fingerprint density at radius 2 is 1.09 bits per heavy atom. The molecule has 0 aromatic heterocycles. The molecule has 0 bridgehead atoms. The van der Waals surface area contributed by atoms with E-state index in [4.69, 9.17) is 81.2 Å². The first kappa shape index (κ1) is 19.4. The van der Waals surface area contributed by atoms with Crippen LogP contribution in [0.5, 0.6) is 0 Å². The molecule has 0 aliphatic heterocycles. The van der Waals surface area contributed by atoms with Gasteiger partial charge in [-0.2, -0.15) is 0 Å². The zero-order chi connectivity index (χ0) is 17.2. The topological polar surface area (TPSA) is 24.1 Å². The summed E-state index contributed by atoms with van der Waals surface area (Å²) in [5.74, 6) is 0. The molecule has 2 nitrogen and oxygen atoms in total. The fourth-order valence-corrected chi connectivity index (χ4v) is 2.74. The third-order valence-electron chi connectivity index (χ3n) is 2.78. The van der Waals surface area contributed by atoms with E-state index in [1.54, 1.807) is 36.4 Å². The van der Waals surface area contributed by atoms with E-state index < -0.39 is 9.96 Å². The Balaban J connectivity index is 2.31. The van der Waals surface area contributed by atoms with E-state index >= 15 is 0 Å². The third kappa shape index (κ3) is 5.54. The van der Waals surface area contributed by atoms with Gasteiger partial charge in [0.05, 0.1) is 21.4 Å². The molecule has 0 unspecified atom stereocenters. The van der Waals surface area contributed by atoms with Gasteiger partial charge >= 0.3 is 0 Å². The second kappa shape index (κ2) is 7.97. The van der Waals surface area contributed by atoms with Crippen molar-refractivity contribution in [2.75, 3.05) is 10.6 Å². The molecule has 0 radical (unpaired) electrons.